The van der Waals surface area contributed by atoms with E-state index in [0.717, 1.165) is 43.5 Å². The largest absolute Gasteiger partial charge is 0.353 e. The Bertz CT molecular complexity index is 821. The number of benzene rings is 1. The van der Waals surface area contributed by atoms with E-state index in [0.29, 0.717) is 13.1 Å². The first kappa shape index (κ1) is 22.6. The monoisotopic (exact) mass is 508 g/mol. The van der Waals surface area contributed by atoms with Gasteiger partial charge in [-0.05, 0) is 17.7 Å². The van der Waals surface area contributed by atoms with Gasteiger partial charge in [-0.1, -0.05) is 24.3 Å². The fourth-order valence-electron chi connectivity index (χ4n) is 3.01. The molecule has 154 valence electrons. The van der Waals surface area contributed by atoms with Crippen molar-refractivity contribution in [3.63, 3.8) is 0 Å². The first-order chi connectivity index (χ1) is 13.7. The zero-order valence-electron chi connectivity index (χ0n) is 16.1. The summed E-state index contributed by atoms with van der Waals surface area (Å²) in [6.07, 6.45) is 3.61. The molecular formula is C20H25IN6O2. The number of rotatable bonds is 6. The molecule has 8 nitrogen and oxygen atoms in total. The maximum atomic E-state index is 10.8. The van der Waals surface area contributed by atoms with Crippen LogP contribution in [0.3, 0.4) is 0 Å². The molecule has 1 aromatic carbocycles. The number of hydrogen-bond acceptors (Lipinski definition) is 5. The Labute approximate surface area is 187 Å². The molecule has 29 heavy (non-hydrogen) atoms. The molecule has 1 aliphatic heterocycles. The minimum absolute atomic E-state index is 0. The number of nitrogens with one attached hydrogen (secondary N) is 1. The lowest BCUT2D eigenvalue weighted by Gasteiger charge is -2.37. The molecule has 1 N–H and O–H groups in total. The Kier molecular flexibility index (Phi) is 8.84. The van der Waals surface area contributed by atoms with Crippen LogP contribution in [-0.2, 0) is 6.54 Å². The molecule has 1 fully saturated rings. The number of nitro groups is 1. The molecular weight excluding hydrogens is 483 g/mol. The van der Waals surface area contributed by atoms with Crippen LogP contribution in [0.1, 0.15) is 5.56 Å². The molecule has 0 aliphatic carbocycles. The second-order valence-corrected chi connectivity index (χ2v) is 6.40. The molecule has 9 heteroatoms. The SMILES string of the molecule is C=CCNC(=NCc1ccc([N+](=O)[O-])cc1)N1CCN(c2ccccn2)CC1.I. The number of nitro benzene ring substituents is 1. The molecule has 1 aliphatic rings. The van der Waals surface area contributed by atoms with E-state index in [9.17, 15) is 10.1 Å². The van der Waals surface area contributed by atoms with Crippen molar-refractivity contribution >= 4 is 41.4 Å². The number of guanidine groups is 1. The summed E-state index contributed by atoms with van der Waals surface area (Å²) in [7, 11) is 0. The molecule has 0 bridgehead atoms. The number of aliphatic imine (C=N–C) groups is 1. The average molecular weight is 508 g/mol. The van der Waals surface area contributed by atoms with E-state index in [1.165, 1.54) is 12.1 Å². The second kappa shape index (κ2) is 11.3. The van der Waals surface area contributed by atoms with Gasteiger partial charge in [-0.15, -0.1) is 30.6 Å². The van der Waals surface area contributed by atoms with Crippen LogP contribution in [0.4, 0.5) is 11.5 Å². The van der Waals surface area contributed by atoms with Gasteiger partial charge in [0.15, 0.2) is 5.96 Å². The summed E-state index contributed by atoms with van der Waals surface area (Å²) in [6, 6.07) is 12.4. The van der Waals surface area contributed by atoms with Crippen LogP contribution in [0.5, 0.6) is 0 Å². The topological polar surface area (TPSA) is 86.9 Å². The number of aromatic nitrogens is 1. The van der Waals surface area contributed by atoms with Crippen LogP contribution in [-0.4, -0.2) is 53.5 Å². The molecule has 1 aromatic heterocycles. The number of halogens is 1. The molecule has 0 unspecified atom stereocenters. The van der Waals surface area contributed by atoms with E-state index in [2.05, 4.69) is 26.7 Å². The Morgan fingerprint density at radius 2 is 1.93 bits per heavy atom. The zero-order chi connectivity index (χ0) is 19.8. The van der Waals surface area contributed by atoms with Gasteiger partial charge in [0.1, 0.15) is 5.82 Å². The zero-order valence-corrected chi connectivity index (χ0v) is 18.4. The van der Waals surface area contributed by atoms with Crippen LogP contribution in [0, 0.1) is 10.1 Å². The predicted octanol–water partition coefficient (Wildman–Crippen LogP) is 3.06. The van der Waals surface area contributed by atoms with Gasteiger partial charge in [0.2, 0.25) is 0 Å². The van der Waals surface area contributed by atoms with Crippen LogP contribution >= 0.6 is 24.0 Å². The van der Waals surface area contributed by atoms with Crippen LogP contribution in [0.25, 0.3) is 0 Å². The summed E-state index contributed by atoms with van der Waals surface area (Å²) in [5.41, 5.74) is 1.01. The minimum atomic E-state index is -0.398. The van der Waals surface area contributed by atoms with Gasteiger partial charge < -0.3 is 15.1 Å². The van der Waals surface area contributed by atoms with Crippen LogP contribution in [0.15, 0.2) is 66.3 Å². The van der Waals surface area contributed by atoms with Crippen LogP contribution < -0.4 is 10.2 Å². The Morgan fingerprint density at radius 1 is 1.21 bits per heavy atom. The van der Waals surface area contributed by atoms with E-state index >= 15 is 0 Å². The van der Waals surface area contributed by atoms with Gasteiger partial charge in [0.05, 0.1) is 11.5 Å². The molecule has 1 saturated heterocycles. The van der Waals surface area contributed by atoms with Crippen molar-refractivity contribution in [2.75, 3.05) is 37.6 Å². The normalized spacial score (nSPS) is 14.1. The lowest BCUT2D eigenvalue weighted by atomic mass is 10.2. The number of hydrogen-bond donors (Lipinski definition) is 1. The first-order valence-corrected chi connectivity index (χ1v) is 9.21. The fourth-order valence-corrected chi connectivity index (χ4v) is 3.01. The summed E-state index contributed by atoms with van der Waals surface area (Å²) in [6.45, 7) is 8.23. The molecule has 2 aromatic rings. The lowest BCUT2D eigenvalue weighted by Crippen LogP contribution is -2.52. The third kappa shape index (κ3) is 6.41. The highest BCUT2D eigenvalue weighted by Gasteiger charge is 2.20. The Hall–Kier alpha value is -2.69. The Balaban J connectivity index is 0.00000300. The van der Waals surface area contributed by atoms with Crippen molar-refractivity contribution in [3.05, 3.63) is 77.0 Å². The van der Waals surface area contributed by atoms with Gasteiger partial charge in [0, 0.05) is 51.1 Å². The van der Waals surface area contributed by atoms with Crippen molar-refractivity contribution < 1.29 is 4.92 Å². The fraction of sp³-hybridized carbons (Fsp3) is 0.300. The van der Waals surface area contributed by atoms with Gasteiger partial charge in [0.25, 0.3) is 5.69 Å². The highest BCUT2D eigenvalue weighted by atomic mass is 127. The molecule has 3 rings (SSSR count). The van der Waals surface area contributed by atoms with Gasteiger partial charge in [-0.3, -0.25) is 10.1 Å². The molecule has 2 heterocycles. The smallest absolute Gasteiger partial charge is 0.269 e. The van der Waals surface area contributed by atoms with Crippen molar-refractivity contribution in [1.29, 1.82) is 0 Å². The number of pyridine rings is 1. The predicted molar refractivity (Wildman–Crippen MR) is 126 cm³/mol. The maximum absolute atomic E-state index is 10.8. The van der Waals surface area contributed by atoms with Crippen molar-refractivity contribution in [2.24, 2.45) is 4.99 Å². The molecule has 0 atom stereocenters. The van der Waals surface area contributed by atoms with E-state index in [4.69, 9.17) is 4.99 Å². The molecule has 0 amide bonds. The highest BCUT2D eigenvalue weighted by molar-refractivity contribution is 14.0. The van der Waals surface area contributed by atoms with E-state index < -0.39 is 4.92 Å². The Morgan fingerprint density at radius 3 is 2.52 bits per heavy atom. The van der Waals surface area contributed by atoms with E-state index in [1.54, 1.807) is 18.2 Å². The summed E-state index contributed by atoms with van der Waals surface area (Å²) >= 11 is 0. The van der Waals surface area contributed by atoms with Crippen molar-refractivity contribution in [1.82, 2.24) is 15.2 Å². The standard InChI is InChI=1S/C20H24N6O2.HI/c1-2-10-22-20(23-16-17-6-8-18(9-7-17)26(27)28)25-14-12-24(13-15-25)19-5-3-4-11-21-19;/h2-9,11H,1,10,12-16H2,(H,22,23);1H. The summed E-state index contributed by atoms with van der Waals surface area (Å²) in [5, 5.41) is 14.1. The number of anilines is 1. The van der Waals surface area contributed by atoms with Crippen LogP contribution in [0.2, 0.25) is 0 Å². The van der Waals surface area contributed by atoms with Gasteiger partial charge >= 0.3 is 0 Å². The lowest BCUT2D eigenvalue weighted by molar-refractivity contribution is -0.384. The highest BCUT2D eigenvalue weighted by Crippen LogP contribution is 2.14. The first-order valence-electron chi connectivity index (χ1n) is 9.21. The van der Waals surface area contributed by atoms with Crippen molar-refractivity contribution in [2.45, 2.75) is 6.54 Å². The number of nitrogens with zero attached hydrogens (tertiary/aromatic N) is 5. The molecule has 0 radical (unpaired) electrons. The minimum Gasteiger partial charge on any atom is -0.353 e. The third-order valence-electron chi connectivity index (χ3n) is 4.52. The maximum Gasteiger partial charge on any atom is 0.269 e. The number of piperazine rings is 1. The van der Waals surface area contributed by atoms with E-state index in [-0.39, 0.29) is 29.7 Å². The summed E-state index contributed by atoms with van der Waals surface area (Å²) < 4.78 is 0. The third-order valence-corrected chi connectivity index (χ3v) is 4.52. The van der Waals surface area contributed by atoms with Gasteiger partial charge in [-0.2, -0.15) is 0 Å². The van der Waals surface area contributed by atoms with E-state index in [1.807, 2.05) is 24.4 Å². The molecule has 0 spiro atoms. The molecule has 0 saturated carbocycles. The summed E-state index contributed by atoms with van der Waals surface area (Å²) in [5.74, 6) is 1.81. The quantitative estimate of drug-likeness (QED) is 0.161. The summed E-state index contributed by atoms with van der Waals surface area (Å²) in [4.78, 5) is 24.0. The second-order valence-electron chi connectivity index (χ2n) is 6.40. The van der Waals surface area contributed by atoms with Gasteiger partial charge in [-0.25, -0.2) is 9.98 Å². The number of non-ortho nitro benzene ring substituents is 1. The average Bonchev–Trinajstić information content (AvgIpc) is 2.75. The van der Waals surface area contributed by atoms with Crippen molar-refractivity contribution in [3.8, 4) is 0 Å².